The molecule has 0 spiro atoms. The average Bonchev–Trinajstić information content (AvgIpc) is 2.49. The van der Waals surface area contributed by atoms with E-state index in [0.29, 0.717) is 21.8 Å². The first-order valence-electron chi connectivity index (χ1n) is 6.52. The van der Waals surface area contributed by atoms with Crippen LogP contribution in [-0.2, 0) is 0 Å². The van der Waals surface area contributed by atoms with Gasteiger partial charge in [0.15, 0.2) is 0 Å². The van der Waals surface area contributed by atoms with Gasteiger partial charge in [-0.25, -0.2) is 0 Å². The zero-order valence-electron chi connectivity index (χ0n) is 12.0. The molecule has 0 saturated heterocycles. The molecular weight excluding hydrogens is 368 g/mol. The van der Waals surface area contributed by atoms with Gasteiger partial charge >= 0.3 is 0 Å². The van der Waals surface area contributed by atoms with E-state index >= 15 is 0 Å². The summed E-state index contributed by atoms with van der Waals surface area (Å²) in [6, 6.07) is 10.3. The van der Waals surface area contributed by atoms with E-state index in [-0.39, 0.29) is 11.8 Å². The zero-order chi connectivity index (χ0) is 16.3. The van der Waals surface area contributed by atoms with E-state index in [1.54, 1.807) is 37.4 Å². The van der Waals surface area contributed by atoms with Gasteiger partial charge < -0.3 is 10.6 Å². The van der Waals surface area contributed by atoms with Gasteiger partial charge in [-0.3, -0.25) is 9.59 Å². The van der Waals surface area contributed by atoms with Gasteiger partial charge in [0.1, 0.15) is 0 Å². The van der Waals surface area contributed by atoms with Crippen molar-refractivity contribution < 1.29 is 9.59 Å². The third kappa shape index (κ3) is 3.48. The lowest BCUT2D eigenvalue weighted by Gasteiger charge is -2.13. The maximum absolute atomic E-state index is 12.4. The second kappa shape index (κ2) is 6.94. The predicted octanol–water partition coefficient (Wildman–Crippen LogP) is 4.02. The Morgan fingerprint density at radius 3 is 2.55 bits per heavy atom. The van der Waals surface area contributed by atoms with Crippen molar-refractivity contribution in [2.75, 3.05) is 12.4 Å². The minimum Gasteiger partial charge on any atom is -0.355 e. The second-order valence-electron chi connectivity index (χ2n) is 4.65. The first kappa shape index (κ1) is 16.5. The molecule has 2 rings (SSSR count). The van der Waals surface area contributed by atoms with Crippen molar-refractivity contribution in [2.24, 2.45) is 0 Å². The summed E-state index contributed by atoms with van der Waals surface area (Å²) in [6.07, 6.45) is 0. The van der Waals surface area contributed by atoms with E-state index in [4.69, 9.17) is 11.6 Å². The minimum atomic E-state index is -0.373. The third-order valence-corrected chi connectivity index (χ3v) is 3.97. The molecule has 0 aliphatic carbocycles. The smallest absolute Gasteiger partial charge is 0.257 e. The van der Waals surface area contributed by atoms with Crippen molar-refractivity contribution in [1.29, 1.82) is 0 Å². The van der Waals surface area contributed by atoms with Crippen molar-refractivity contribution >= 4 is 45.0 Å². The standard InChI is InChI=1S/C16H14BrClN2O2/c1-9-4-3-5-13(14(9)16(22)19-2)20-15(21)11-8-10(17)6-7-12(11)18/h3-8H,1-2H3,(H,19,22)(H,20,21). The highest BCUT2D eigenvalue weighted by Crippen LogP contribution is 2.24. The lowest BCUT2D eigenvalue weighted by Crippen LogP contribution is -2.22. The summed E-state index contributed by atoms with van der Waals surface area (Å²) in [5.74, 6) is -0.629. The highest BCUT2D eigenvalue weighted by Gasteiger charge is 2.17. The number of carbonyl (C=O) groups excluding carboxylic acids is 2. The summed E-state index contributed by atoms with van der Waals surface area (Å²) in [6.45, 7) is 1.81. The molecule has 114 valence electrons. The van der Waals surface area contributed by atoms with Gasteiger partial charge in [-0.2, -0.15) is 0 Å². The molecule has 0 radical (unpaired) electrons. The number of rotatable bonds is 3. The van der Waals surface area contributed by atoms with Crippen molar-refractivity contribution in [2.45, 2.75) is 6.92 Å². The number of anilines is 1. The molecule has 2 amide bonds. The number of hydrogen-bond acceptors (Lipinski definition) is 2. The minimum absolute atomic E-state index is 0.256. The molecule has 22 heavy (non-hydrogen) atoms. The van der Waals surface area contributed by atoms with E-state index in [1.807, 2.05) is 13.0 Å². The lowest BCUT2D eigenvalue weighted by atomic mass is 10.1. The molecule has 6 heteroatoms. The van der Waals surface area contributed by atoms with Gasteiger partial charge in [-0.05, 0) is 36.8 Å². The van der Waals surface area contributed by atoms with Crippen molar-refractivity contribution in [3.8, 4) is 0 Å². The summed E-state index contributed by atoms with van der Waals surface area (Å²) in [5, 5.41) is 5.66. The van der Waals surface area contributed by atoms with Gasteiger partial charge in [-0.15, -0.1) is 0 Å². The first-order valence-corrected chi connectivity index (χ1v) is 7.69. The fraction of sp³-hybridized carbons (Fsp3) is 0.125. The number of nitrogens with one attached hydrogen (secondary N) is 2. The quantitative estimate of drug-likeness (QED) is 0.843. The van der Waals surface area contributed by atoms with Crippen LogP contribution in [-0.4, -0.2) is 18.9 Å². The van der Waals surface area contributed by atoms with Crippen molar-refractivity contribution in [3.05, 3.63) is 62.6 Å². The van der Waals surface area contributed by atoms with E-state index in [0.717, 1.165) is 10.0 Å². The molecular formula is C16H14BrClN2O2. The first-order chi connectivity index (χ1) is 10.4. The SMILES string of the molecule is CNC(=O)c1c(C)cccc1NC(=O)c1cc(Br)ccc1Cl. The molecule has 0 fully saturated rings. The molecule has 0 bridgehead atoms. The van der Waals surface area contributed by atoms with Crippen LogP contribution in [0.4, 0.5) is 5.69 Å². The molecule has 0 unspecified atom stereocenters. The molecule has 4 nitrogen and oxygen atoms in total. The summed E-state index contributed by atoms with van der Waals surface area (Å²) in [4.78, 5) is 24.4. The van der Waals surface area contributed by atoms with Crippen LogP contribution in [0.5, 0.6) is 0 Å². The molecule has 0 aliphatic heterocycles. The van der Waals surface area contributed by atoms with Gasteiger partial charge in [0.25, 0.3) is 11.8 Å². The maximum atomic E-state index is 12.4. The van der Waals surface area contributed by atoms with E-state index in [1.165, 1.54) is 0 Å². The maximum Gasteiger partial charge on any atom is 0.257 e. The highest BCUT2D eigenvalue weighted by atomic mass is 79.9. The van der Waals surface area contributed by atoms with E-state index < -0.39 is 0 Å². The van der Waals surface area contributed by atoms with Crippen LogP contribution in [0, 0.1) is 6.92 Å². The Balaban J connectivity index is 2.39. The van der Waals surface area contributed by atoms with Crippen LogP contribution in [0.15, 0.2) is 40.9 Å². The molecule has 2 aromatic carbocycles. The monoisotopic (exact) mass is 380 g/mol. The highest BCUT2D eigenvalue weighted by molar-refractivity contribution is 9.10. The Kier molecular flexibility index (Phi) is 5.21. The summed E-state index contributed by atoms with van der Waals surface area (Å²) in [5.41, 5.74) is 1.99. The van der Waals surface area contributed by atoms with E-state index in [2.05, 4.69) is 26.6 Å². The fourth-order valence-corrected chi connectivity index (χ4v) is 2.62. The van der Waals surface area contributed by atoms with Gasteiger partial charge in [0.2, 0.25) is 0 Å². The average molecular weight is 382 g/mol. The van der Waals surface area contributed by atoms with Gasteiger partial charge in [-0.1, -0.05) is 39.7 Å². The summed E-state index contributed by atoms with van der Waals surface area (Å²) in [7, 11) is 1.55. The molecule has 0 heterocycles. The zero-order valence-corrected chi connectivity index (χ0v) is 14.4. The van der Waals surface area contributed by atoms with Gasteiger partial charge in [0, 0.05) is 11.5 Å². The Labute approximate surface area is 142 Å². The second-order valence-corrected chi connectivity index (χ2v) is 5.98. The normalized spacial score (nSPS) is 10.2. The summed E-state index contributed by atoms with van der Waals surface area (Å²) < 4.78 is 0.748. The Hall–Kier alpha value is -1.85. The van der Waals surface area contributed by atoms with Crippen molar-refractivity contribution in [3.63, 3.8) is 0 Å². The number of aryl methyl sites for hydroxylation is 1. The fourth-order valence-electron chi connectivity index (χ4n) is 2.06. The lowest BCUT2D eigenvalue weighted by molar-refractivity contribution is 0.0963. The van der Waals surface area contributed by atoms with Crippen LogP contribution >= 0.6 is 27.5 Å². The van der Waals surface area contributed by atoms with Crippen molar-refractivity contribution in [1.82, 2.24) is 5.32 Å². The molecule has 0 atom stereocenters. The number of benzene rings is 2. The Morgan fingerprint density at radius 2 is 1.86 bits per heavy atom. The van der Waals surface area contributed by atoms with Crippen LogP contribution in [0.3, 0.4) is 0 Å². The van der Waals surface area contributed by atoms with Crippen LogP contribution in [0.1, 0.15) is 26.3 Å². The predicted molar refractivity (Wildman–Crippen MR) is 91.7 cm³/mol. The Morgan fingerprint density at radius 1 is 1.14 bits per heavy atom. The number of hydrogen-bond donors (Lipinski definition) is 2. The number of halogens is 2. The van der Waals surface area contributed by atoms with Crippen LogP contribution in [0.25, 0.3) is 0 Å². The van der Waals surface area contributed by atoms with Gasteiger partial charge in [0.05, 0.1) is 21.8 Å². The van der Waals surface area contributed by atoms with Crippen LogP contribution < -0.4 is 10.6 Å². The Bertz CT molecular complexity index is 747. The number of carbonyl (C=O) groups is 2. The largest absolute Gasteiger partial charge is 0.355 e. The molecule has 0 aliphatic rings. The van der Waals surface area contributed by atoms with Crippen LogP contribution in [0.2, 0.25) is 5.02 Å². The number of amides is 2. The van der Waals surface area contributed by atoms with E-state index in [9.17, 15) is 9.59 Å². The molecule has 2 N–H and O–H groups in total. The molecule has 0 saturated carbocycles. The third-order valence-electron chi connectivity index (χ3n) is 3.15. The summed E-state index contributed by atoms with van der Waals surface area (Å²) >= 11 is 9.37. The topological polar surface area (TPSA) is 58.2 Å². The molecule has 2 aromatic rings. The molecule has 0 aromatic heterocycles.